The fourth-order valence-electron chi connectivity index (χ4n) is 4.51. The van der Waals surface area contributed by atoms with Crippen LogP contribution >= 0.6 is 0 Å². The normalized spacial score (nSPS) is 10.2. The van der Waals surface area contributed by atoms with Crippen LogP contribution in [0.25, 0.3) is 50.9 Å². The van der Waals surface area contributed by atoms with Gasteiger partial charge in [-0.2, -0.15) is 0 Å². The molecule has 6 rings (SSSR count). The molecule has 274 valence electrons. The van der Waals surface area contributed by atoms with Gasteiger partial charge in [0.05, 0.1) is 0 Å². The monoisotopic (exact) mass is 694 g/mol. The van der Waals surface area contributed by atoms with Crippen molar-refractivity contribution in [2.45, 2.75) is 75.7 Å². The minimum absolute atomic E-state index is 0.662. The highest BCUT2D eigenvalue weighted by molar-refractivity contribution is 5.77. The molecule has 52 heavy (non-hydrogen) atoms. The molecule has 0 aliphatic heterocycles. The van der Waals surface area contributed by atoms with E-state index in [0.29, 0.717) is 17.5 Å². The minimum Gasteiger partial charge on any atom is -0.405 e. The quantitative estimate of drug-likeness (QED) is 0.186. The molecule has 0 saturated heterocycles. The van der Waals surface area contributed by atoms with E-state index in [9.17, 15) is 0 Å². The molecule has 0 spiro atoms. The van der Waals surface area contributed by atoms with E-state index in [1.807, 2.05) is 68.4 Å². The molecule has 0 bridgehead atoms. The molecule has 4 heteroatoms. The molecule has 1 heterocycles. The lowest BCUT2D eigenvalue weighted by molar-refractivity contribution is 1.07. The molecule has 1 aromatic heterocycles. The summed E-state index contributed by atoms with van der Waals surface area (Å²) in [5, 5.41) is 0. The van der Waals surface area contributed by atoms with Gasteiger partial charge in [0.15, 0.2) is 17.5 Å². The molecule has 2 N–H and O–H groups in total. The molecule has 0 amide bonds. The highest BCUT2D eigenvalue weighted by Gasteiger charge is 2.13. The Labute approximate surface area is 316 Å². The molecule has 4 nitrogen and oxygen atoms in total. The van der Waals surface area contributed by atoms with E-state index < -0.39 is 0 Å². The summed E-state index contributed by atoms with van der Waals surface area (Å²) in [5.41, 5.74) is 13.4. The molecule has 0 unspecified atom stereocenters. The van der Waals surface area contributed by atoms with Crippen LogP contribution in [0.1, 0.15) is 79.9 Å². The van der Waals surface area contributed by atoms with Crippen LogP contribution < -0.4 is 5.73 Å². The topological polar surface area (TPSA) is 64.7 Å². The van der Waals surface area contributed by atoms with Crippen molar-refractivity contribution < 1.29 is 0 Å². The second-order valence-corrected chi connectivity index (χ2v) is 10.0. The smallest absolute Gasteiger partial charge is 0.164 e. The largest absolute Gasteiger partial charge is 0.405 e. The zero-order valence-electron chi connectivity index (χ0n) is 33.4. The first-order valence-electron chi connectivity index (χ1n) is 18.6. The predicted octanol–water partition coefficient (Wildman–Crippen LogP) is 14.1. The van der Waals surface area contributed by atoms with E-state index in [4.69, 9.17) is 15.0 Å². The van der Waals surface area contributed by atoms with Crippen molar-refractivity contribution in [3.63, 3.8) is 0 Å². The Morgan fingerprint density at radius 2 is 0.865 bits per heavy atom. The number of aryl methyl sites for hydroxylation is 1. The number of hydrogen-bond donors (Lipinski definition) is 1. The summed E-state index contributed by atoms with van der Waals surface area (Å²) < 4.78 is 0. The van der Waals surface area contributed by atoms with Gasteiger partial charge in [0.2, 0.25) is 0 Å². The van der Waals surface area contributed by atoms with E-state index in [1.54, 1.807) is 6.08 Å². The molecule has 1 aliphatic carbocycles. The van der Waals surface area contributed by atoms with Gasteiger partial charge in [-0.1, -0.05) is 207 Å². The summed E-state index contributed by atoms with van der Waals surface area (Å²) in [7, 11) is 0. The van der Waals surface area contributed by atoms with Gasteiger partial charge in [-0.15, -0.1) is 6.58 Å². The molecule has 0 radical (unpaired) electrons. The fourth-order valence-corrected chi connectivity index (χ4v) is 4.51. The fraction of sp³-hybridized carbons (Fsp3) is 0.229. The SMILES string of the molecule is C=CC.C=CN.CC.CC.CC.CC.Cc1ccc(-c2nc(-c3ccc(C4=CCC=CC=C4)cc3)nc(-c3ccc(-c4ccccc4)cc3)n2)cc1. The lowest BCUT2D eigenvalue weighted by Crippen LogP contribution is -2.00. The van der Waals surface area contributed by atoms with Gasteiger partial charge in [0.25, 0.3) is 0 Å². The number of rotatable bonds is 5. The van der Waals surface area contributed by atoms with E-state index in [0.717, 1.165) is 28.7 Å². The third kappa shape index (κ3) is 15.5. The van der Waals surface area contributed by atoms with Crippen molar-refractivity contribution in [3.8, 4) is 45.3 Å². The Hall–Kier alpha value is -5.61. The highest BCUT2D eigenvalue weighted by atomic mass is 15.0. The van der Waals surface area contributed by atoms with Crippen LogP contribution in [0.2, 0.25) is 0 Å². The Morgan fingerprint density at radius 3 is 1.29 bits per heavy atom. The second-order valence-electron chi connectivity index (χ2n) is 10.0. The Balaban J connectivity index is 0.00000165. The van der Waals surface area contributed by atoms with Crippen molar-refractivity contribution >= 4 is 5.57 Å². The van der Waals surface area contributed by atoms with Gasteiger partial charge in [0.1, 0.15) is 0 Å². The van der Waals surface area contributed by atoms with E-state index in [-0.39, 0.29) is 0 Å². The van der Waals surface area contributed by atoms with Crippen LogP contribution in [-0.2, 0) is 0 Å². The first-order valence-corrected chi connectivity index (χ1v) is 18.6. The molecule has 0 fully saturated rings. The molecule has 5 aromatic rings. The Bertz CT molecular complexity index is 1740. The lowest BCUT2D eigenvalue weighted by atomic mass is 10.0. The molecular formula is C48H62N4. The molecule has 0 saturated carbocycles. The Kier molecular flexibility index (Phi) is 26.0. The van der Waals surface area contributed by atoms with Crippen LogP contribution in [0.15, 0.2) is 159 Å². The standard InChI is InChI=1S/C35H27N3.C3H6.C2H5N.4C2H6/c1-25-13-15-30(16-14-25)33-36-34(31-21-17-28(18-22-31)26-9-5-2-3-6-10-26)38-35(37-33)32-23-19-29(20-24-32)27-11-7-4-8-12-27;1-3-2;1-2-3;4*1-2/h2-5,7-24H,6H2,1H3;3H,1H2,2H3;2H,1,3H2;4*1-2H3. The van der Waals surface area contributed by atoms with Gasteiger partial charge in [0, 0.05) is 16.7 Å². The zero-order valence-corrected chi connectivity index (χ0v) is 33.4. The van der Waals surface area contributed by atoms with Crippen LogP contribution in [0.4, 0.5) is 0 Å². The average Bonchev–Trinajstić information content (AvgIpc) is 3.52. The summed E-state index contributed by atoms with van der Waals surface area (Å²) in [6.45, 7) is 26.5. The maximum absolute atomic E-state index is 4.92. The van der Waals surface area contributed by atoms with Crippen LogP contribution in [0.5, 0.6) is 0 Å². The molecule has 4 aromatic carbocycles. The van der Waals surface area contributed by atoms with Crippen LogP contribution in [0, 0.1) is 6.92 Å². The Morgan fingerprint density at radius 1 is 0.519 bits per heavy atom. The summed E-state index contributed by atoms with van der Waals surface area (Å²) >= 11 is 0. The number of hydrogen-bond acceptors (Lipinski definition) is 4. The van der Waals surface area contributed by atoms with Crippen LogP contribution in [-0.4, -0.2) is 15.0 Å². The molecule has 0 atom stereocenters. The predicted molar refractivity (Wildman–Crippen MR) is 233 cm³/mol. The van der Waals surface area contributed by atoms with E-state index in [2.05, 4.69) is 153 Å². The number of allylic oxidation sites excluding steroid dienone is 7. The number of aromatic nitrogens is 3. The van der Waals surface area contributed by atoms with Gasteiger partial charge >= 0.3 is 0 Å². The van der Waals surface area contributed by atoms with Crippen molar-refractivity contribution in [1.82, 2.24) is 15.0 Å². The van der Waals surface area contributed by atoms with Crippen molar-refractivity contribution in [1.29, 1.82) is 0 Å². The van der Waals surface area contributed by atoms with Crippen molar-refractivity contribution in [2.75, 3.05) is 0 Å². The zero-order chi connectivity index (χ0) is 39.1. The lowest BCUT2D eigenvalue weighted by Gasteiger charge is -2.10. The third-order valence-corrected chi connectivity index (χ3v) is 6.67. The number of benzene rings is 4. The summed E-state index contributed by atoms with van der Waals surface area (Å²) in [4.78, 5) is 14.7. The number of nitrogens with two attached hydrogens (primary N) is 1. The first kappa shape index (κ1) is 46.4. The van der Waals surface area contributed by atoms with Crippen LogP contribution in [0.3, 0.4) is 0 Å². The first-order chi connectivity index (χ1) is 25.6. The van der Waals surface area contributed by atoms with Gasteiger partial charge in [-0.3, -0.25) is 0 Å². The molecular weight excluding hydrogens is 633 g/mol. The van der Waals surface area contributed by atoms with Crippen molar-refractivity contribution in [3.05, 3.63) is 170 Å². The van der Waals surface area contributed by atoms with Gasteiger partial charge in [-0.05, 0) is 48.7 Å². The summed E-state index contributed by atoms with van der Waals surface area (Å²) in [6.07, 6.45) is 14.6. The molecule has 1 aliphatic rings. The highest BCUT2D eigenvalue weighted by Crippen LogP contribution is 2.28. The minimum atomic E-state index is 0.662. The van der Waals surface area contributed by atoms with Crippen molar-refractivity contribution in [2.24, 2.45) is 5.73 Å². The summed E-state index contributed by atoms with van der Waals surface area (Å²) in [6, 6.07) is 35.6. The van der Waals surface area contributed by atoms with Gasteiger partial charge in [-0.25, -0.2) is 15.0 Å². The second kappa shape index (κ2) is 29.2. The maximum atomic E-state index is 4.92. The van der Waals surface area contributed by atoms with Gasteiger partial charge < -0.3 is 5.73 Å². The summed E-state index contributed by atoms with van der Waals surface area (Å²) in [5.74, 6) is 1.99. The van der Waals surface area contributed by atoms with E-state index in [1.165, 1.54) is 28.5 Å². The average molecular weight is 695 g/mol. The maximum Gasteiger partial charge on any atom is 0.164 e. The number of nitrogens with zero attached hydrogens (tertiary/aromatic N) is 3. The third-order valence-electron chi connectivity index (χ3n) is 6.67. The van der Waals surface area contributed by atoms with E-state index >= 15 is 0 Å².